The van der Waals surface area contributed by atoms with E-state index in [2.05, 4.69) is 70.8 Å². The lowest BCUT2D eigenvalue weighted by Gasteiger charge is -2.41. The highest BCUT2D eigenvalue weighted by molar-refractivity contribution is 9.08. The molecule has 0 aliphatic carbocycles. The zero-order chi connectivity index (χ0) is 35.0. The van der Waals surface area contributed by atoms with Crippen molar-refractivity contribution in [3.63, 3.8) is 0 Å². The minimum absolute atomic E-state index is 0.259. The van der Waals surface area contributed by atoms with E-state index < -0.39 is 11.7 Å². The van der Waals surface area contributed by atoms with Crippen LogP contribution in [0.5, 0.6) is 0 Å². The minimum Gasteiger partial charge on any atom is -0.461 e. The lowest BCUT2D eigenvalue weighted by Crippen LogP contribution is -2.39. The Kier molecular flexibility index (Phi) is 11.4. The first kappa shape index (κ1) is 36.8. The fourth-order valence-electron chi connectivity index (χ4n) is 7.00. The highest BCUT2D eigenvalue weighted by atomic mass is 79.9. The topological polar surface area (TPSA) is 54.9 Å². The molecule has 0 bridgehead atoms. The highest BCUT2D eigenvalue weighted by Crippen LogP contribution is 2.46. The molecule has 48 heavy (non-hydrogen) atoms. The van der Waals surface area contributed by atoms with Crippen LogP contribution in [0.2, 0.25) is 5.02 Å². The lowest BCUT2D eigenvalue weighted by atomic mass is 9.81. The molecule has 1 unspecified atom stereocenters. The molecule has 0 saturated carbocycles. The number of esters is 1. The van der Waals surface area contributed by atoms with Crippen molar-refractivity contribution in [1.82, 2.24) is 9.88 Å². The Labute approximate surface area is 301 Å². The average Bonchev–Trinajstić information content (AvgIpc) is 3.00. The van der Waals surface area contributed by atoms with Crippen LogP contribution in [0.4, 0.5) is 5.69 Å². The number of carbonyl (C=O) groups excluding carboxylic acids is 1. The molecule has 8 heteroatoms. The second kappa shape index (κ2) is 14.8. The largest absolute Gasteiger partial charge is 0.461 e. The summed E-state index contributed by atoms with van der Waals surface area (Å²) in [5.41, 5.74) is 10.6. The number of alkyl halides is 1. The van der Waals surface area contributed by atoms with Crippen molar-refractivity contribution in [2.75, 3.05) is 24.5 Å². The van der Waals surface area contributed by atoms with Gasteiger partial charge in [0, 0.05) is 59.9 Å². The average molecular weight is 739 g/mol. The van der Waals surface area contributed by atoms with Crippen LogP contribution in [0.25, 0.3) is 11.1 Å². The maximum absolute atomic E-state index is 13.9. The van der Waals surface area contributed by atoms with Gasteiger partial charge in [0.05, 0.1) is 23.1 Å². The van der Waals surface area contributed by atoms with Gasteiger partial charge in [0.1, 0.15) is 0 Å². The number of hydrogen-bond donors (Lipinski definition) is 0. The van der Waals surface area contributed by atoms with E-state index in [4.69, 9.17) is 26.1 Å². The van der Waals surface area contributed by atoms with Gasteiger partial charge in [-0.3, -0.25) is 9.88 Å². The summed E-state index contributed by atoms with van der Waals surface area (Å²) in [6.45, 7) is 23.0. The monoisotopic (exact) mass is 737 g/mol. The molecular formula is C40H53BrClN3O3. The molecule has 3 heterocycles. The minimum atomic E-state index is -0.910. The third kappa shape index (κ3) is 8.46. The normalized spacial score (nSPS) is 17.4. The number of nitrogens with zero attached hydrogens (tertiary/aromatic N) is 3. The molecule has 0 spiro atoms. The number of anilines is 1. The van der Waals surface area contributed by atoms with Crippen LogP contribution < -0.4 is 4.90 Å². The Morgan fingerprint density at radius 1 is 1.06 bits per heavy atom. The van der Waals surface area contributed by atoms with Gasteiger partial charge in [0.2, 0.25) is 0 Å². The summed E-state index contributed by atoms with van der Waals surface area (Å²) >= 11 is 10.4. The van der Waals surface area contributed by atoms with Gasteiger partial charge in [0.15, 0.2) is 6.10 Å². The molecule has 0 N–H and O–H groups in total. The van der Waals surface area contributed by atoms with Crippen molar-refractivity contribution in [3.05, 3.63) is 80.6 Å². The van der Waals surface area contributed by atoms with Crippen molar-refractivity contribution in [2.45, 2.75) is 118 Å². The summed E-state index contributed by atoms with van der Waals surface area (Å²) in [7, 11) is 0. The second-order valence-corrected chi connectivity index (χ2v) is 16.6. The van der Waals surface area contributed by atoms with E-state index in [1.54, 1.807) is 0 Å². The van der Waals surface area contributed by atoms with Gasteiger partial charge < -0.3 is 14.4 Å². The van der Waals surface area contributed by atoms with Crippen LogP contribution >= 0.6 is 27.5 Å². The second-order valence-electron chi connectivity index (χ2n) is 15.6. The first-order valence-corrected chi connectivity index (χ1v) is 18.9. The summed E-state index contributed by atoms with van der Waals surface area (Å²) in [6, 6.07) is 13.0. The molecule has 0 radical (unpaired) electrons. The van der Waals surface area contributed by atoms with Gasteiger partial charge in [-0.05, 0) is 107 Å². The Hall–Kier alpha value is -2.45. The van der Waals surface area contributed by atoms with E-state index >= 15 is 0 Å². The number of aryl methyl sites for hydroxylation is 2. The van der Waals surface area contributed by atoms with Crippen LogP contribution in [0.15, 0.2) is 36.4 Å². The lowest BCUT2D eigenvalue weighted by molar-refractivity contribution is -0.171. The number of aromatic nitrogens is 1. The molecule has 1 saturated heterocycles. The van der Waals surface area contributed by atoms with E-state index in [1.807, 2.05) is 53.7 Å². The molecule has 6 nitrogen and oxygen atoms in total. The zero-order valence-electron chi connectivity index (χ0n) is 30.3. The molecule has 2 aliphatic rings. The Morgan fingerprint density at radius 2 is 1.77 bits per heavy atom. The van der Waals surface area contributed by atoms with Crippen molar-refractivity contribution < 1.29 is 14.3 Å². The quantitative estimate of drug-likeness (QED) is 0.161. The number of fused-ring (bicyclic) bond motifs is 1. The fourth-order valence-corrected chi connectivity index (χ4v) is 7.69. The van der Waals surface area contributed by atoms with Gasteiger partial charge in [-0.1, -0.05) is 71.7 Å². The summed E-state index contributed by atoms with van der Waals surface area (Å²) in [4.78, 5) is 24.0. The number of carbonyl (C=O) groups is 1. The van der Waals surface area contributed by atoms with Gasteiger partial charge in [-0.25, -0.2) is 4.79 Å². The molecule has 2 aliphatic heterocycles. The van der Waals surface area contributed by atoms with E-state index in [9.17, 15) is 4.79 Å². The molecule has 0 amide bonds. The maximum Gasteiger partial charge on any atom is 0.340 e. The van der Waals surface area contributed by atoms with E-state index in [-0.39, 0.29) is 17.5 Å². The predicted octanol–water partition coefficient (Wildman–Crippen LogP) is 9.91. The van der Waals surface area contributed by atoms with E-state index in [0.717, 1.165) is 90.8 Å². The number of halogens is 2. The molecule has 260 valence electrons. The molecule has 3 aromatic rings. The number of benzene rings is 2. The van der Waals surface area contributed by atoms with E-state index in [1.165, 1.54) is 22.3 Å². The number of hydrogen-bond acceptors (Lipinski definition) is 6. The van der Waals surface area contributed by atoms with E-state index in [0.29, 0.717) is 5.33 Å². The van der Waals surface area contributed by atoms with Gasteiger partial charge >= 0.3 is 5.97 Å². The van der Waals surface area contributed by atoms with Crippen LogP contribution in [-0.2, 0) is 39.1 Å². The number of piperidine rings is 1. The van der Waals surface area contributed by atoms with Gasteiger partial charge in [0.25, 0.3) is 0 Å². The molecule has 2 aromatic carbocycles. The summed E-state index contributed by atoms with van der Waals surface area (Å²) < 4.78 is 12.5. The van der Waals surface area contributed by atoms with Crippen molar-refractivity contribution in [2.24, 2.45) is 5.41 Å². The van der Waals surface area contributed by atoms with Crippen molar-refractivity contribution in [1.29, 1.82) is 0 Å². The molecule has 1 fully saturated rings. The smallest absolute Gasteiger partial charge is 0.340 e. The van der Waals surface area contributed by atoms with Crippen LogP contribution in [-0.4, -0.2) is 47.2 Å². The standard InChI is InChI=1S/C40H53BrClN3O3/c1-25(2)47-38(46)37(48-39(5,6)7)34-27(4)43-33(22-41)35(36(34)45-19-16-40(8,9)17-20-45)29-13-14-30-23-44(18-15-28(30)21-29)24-31-26(3)11-10-12-32(31)42/h10-14,21,25,37H,15-20,22-24H2,1-9H3. The molecule has 1 aromatic heterocycles. The van der Waals surface area contributed by atoms with Crippen molar-refractivity contribution >= 4 is 39.2 Å². The van der Waals surface area contributed by atoms with Gasteiger partial charge in [-0.15, -0.1) is 0 Å². The first-order chi connectivity index (χ1) is 22.6. The Morgan fingerprint density at radius 3 is 2.40 bits per heavy atom. The highest BCUT2D eigenvalue weighted by Gasteiger charge is 2.38. The molecule has 1 atom stereocenters. The number of ether oxygens (including phenoxy) is 2. The van der Waals surface area contributed by atoms with Crippen LogP contribution in [0.1, 0.15) is 107 Å². The van der Waals surface area contributed by atoms with Gasteiger partial charge in [-0.2, -0.15) is 0 Å². The molecular weight excluding hydrogens is 686 g/mol. The Balaban J connectivity index is 1.62. The first-order valence-electron chi connectivity index (χ1n) is 17.4. The predicted molar refractivity (Wildman–Crippen MR) is 201 cm³/mol. The molecule has 5 rings (SSSR count). The number of rotatable bonds is 9. The fraction of sp³-hybridized carbons (Fsp3) is 0.550. The summed E-state index contributed by atoms with van der Waals surface area (Å²) in [6.07, 6.45) is 1.89. The summed E-state index contributed by atoms with van der Waals surface area (Å²) in [5, 5.41) is 1.43. The van der Waals surface area contributed by atoms with Crippen molar-refractivity contribution in [3.8, 4) is 11.1 Å². The SMILES string of the molecule is Cc1cccc(Cl)c1CN1CCc2cc(-c3c(CBr)nc(C)c(C(OC(C)(C)C)C(=O)OC(C)C)c3N3CCC(C)(C)CC3)ccc2C1. The van der Waals surface area contributed by atoms with Crippen LogP contribution in [0.3, 0.4) is 0 Å². The Bertz CT molecular complexity index is 1620. The third-order valence-corrected chi connectivity index (χ3v) is 10.5. The summed E-state index contributed by atoms with van der Waals surface area (Å²) in [5.74, 6) is -0.375. The third-order valence-electron chi connectivity index (χ3n) is 9.65. The maximum atomic E-state index is 13.9. The zero-order valence-corrected chi connectivity index (χ0v) is 32.6. The van der Waals surface area contributed by atoms with Crippen LogP contribution in [0, 0.1) is 19.3 Å². The number of pyridine rings is 1.